The van der Waals surface area contributed by atoms with Crippen LogP contribution in [0.15, 0.2) is 179 Å². The lowest BCUT2D eigenvalue weighted by molar-refractivity contribution is 0.620. The Morgan fingerprint density at radius 2 is 0.846 bits per heavy atom. The first-order valence-electron chi connectivity index (χ1n) is 17.1. The molecular formula is C46H28N4O2. The lowest BCUT2D eigenvalue weighted by atomic mass is 10.0. The minimum absolute atomic E-state index is 0.568. The topological polar surface area (TPSA) is 77.8 Å². The molecule has 52 heavy (non-hydrogen) atoms. The van der Waals surface area contributed by atoms with E-state index < -0.39 is 0 Å². The highest BCUT2D eigenvalue weighted by molar-refractivity contribution is 6.05. The Balaban J connectivity index is 1.05. The van der Waals surface area contributed by atoms with Crippen LogP contribution in [-0.2, 0) is 0 Å². The minimum atomic E-state index is 0.568. The second-order valence-corrected chi connectivity index (χ2v) is 12.7. The van der Waals surface area contributed by atoms with E-state index in [1.54, 1.807) is 0 Å². The molecule has 0 aliphatic heterocycles. The summed E-state index contributed by atoms with van der Waals surface area (Å²) in [6, 6.07) is 57.1. The van der Waals surface area contributed by atoms with E-state index in [9.17, 15) is 0 Å². The van der Waals surface area contributed by atoms with Crippen molar-refractivity contribution in [3.05, 3.63) is 170 Å². The van der Waals surface area contributed by atoms with Gasteiger partial charge in [0.05, 0.1) is 0 Å². The molecule has 0 bridgehead atoms. The summed E-state index contributed by atoms with van der Waals surface area (Å²) in [7, 11) is 0. The fourth-order valence-corrected chi connectivity index (χ4v) is 6.78. The van der Waals surface area contributed by atoms with Gasteiger partial charge in [-0.1, -0.05) is 127 Å². The monoisotopic (exact) mass is 668 g/mol. The van der Waals surface area contributed by atoms with Gasteiger partial charge in [0.1, 0.15) is 16.7 Å². The summed E-state index contributed by atoms with van der Waals surface area (Å²) in [6.07, 6.45) is 0. The quantitative estimate of drug-likeness (QED) is 0.175. The maximum Gasteiger partial charge on any atom is 0.227 e. The Kier molecular flexibility index (Phi) is 7.03. The van der Waals surface area contributed by atoms with Gasteiger partial charge < -0.3 is 8.83 Å². The van der Waals surface area contributed by atoms with Gasteiger partial charge in [-0.2, -0.15) is 0 Å². The Morgan fingerprint density at radius 3 is 1.63 bits per heavy atom. The van der Waals surface area contributed by atoms with Crippen LogP contribution in [0, 0.1) is 0 Å². The first-order valence-corrected chi connectivity index (χ1v) is 17.1. The molecule has 0 spiro atoms. The average Bonchev–Trinajstić information content (AvgIpc) is 3.83. The van der Waals surface area contributed by atoms with Gasteiger partial charge >= 0.3 is 0 Å². The molecule has 6 nitrogen and oxygen atoms in total. The van der Waals surface area contributed by atoms with Gasteiger partial charge in [0.2, 0.25) is 5.89 Å². The summed E-state index contributed by atoms with van der Waals surface area (Å²) in [5.41, 5.74) is 10.9. The summed E-state index contributed by atoms with van der Waals surface area (Å²) < 4.78 is 12.5. The van der Waals surface area contributed by atoms with Gasteiger partial charge in [-0.05, 0) is 59.2 Å². The van der Waals surface area contributed by atoms with E-state index in [0.29, 0.717) is 23.4 Å². The van der Waals surface area contributed by atoms with Crippen molar-refractivity contribution < 1.29 is 8.83 Å². The third kappa shape index (κ3) is 5.30. The number of nitrogens with zero attached hydrogens (tertiary/aromatic N) is 4. The van der Waals surface area contributed by atoms with Gasteiger partial charge in [0, 0.05) is 38.6 Å². The smallest absolute Gasteiger partial charge is 0.227 e. The van der Waals surface area contributed by atoms with Crippen LogP contribution in [0.4, 0.5) is 0 Å². The number of furan rings is 1. The number of oxazole rings is 1. The van der Waals surface area contributed by atoms with Crippen molar-refractivity contribution in [3.8, 4) is 67.9 Å². The van der Waals surface area contributed by atoms with Crippen molar-refractivity contribution in [1.29, 1.82) is 0 Å². The van der Waals surface area contributed by atoms with Gasteiger partial charge in [0.15, 0.2) is 23.1 Å². The van der Waals surface area contributed by atoms with E-state index in [0.717, 1.165) is 72.0 Å². The van der Waals surface area contributed by atoms with Crippen molar-refractivity contribution in [2.75, 3.05) is 0 Å². The highest BCUT2D eigenvalue weighted by Crippen LogP contribution is 2.36. The van der Waals surface area contributed by atoms with Gasteiger partial charge in [0.25, 0.3) is 0 Å². The molecule has 0 atom stereocenters. The molecule has 0 unspecified atom stereocenters. The van der Waals surface area contributed by atoms with E-state index in [-0.39, 0.29) is 0 Å². The van der Waals surface area contributed by atoms with E-state index in [2.05, 4.69) is 66.7 Å². The molecular weight excluding hydrogens is 641 g/mol. The molecule has 0 aliphatic carbocycles. The fraction of sp³-hybridized carbons (Fsp3) is 0. The Bertz CT molecular complexity index is 2900. The standard InChI is InChI=1S/C46H28N4O2/c1-3-11-29(12-4-1)30-21-23-32(24-22-30)46-47-42-36(18-10-20-40(42)52-46)33-15-9-16-34(27-33)44-48-43(31-13-5-2-6-14-31)49-45(50-44)35-25-26-38-37-17-7-8-19-39(37)51-41(38)28-35/h1-28H. The van der Waals surface area contributed by atoms with E-state index >= 15 is 0 Å². The van der Waals surface area contributed by atoms with Crippen LogP contribution in [0.3, 0.4) is 0 Å². The number of hydrogen-bond donors (Lipinski definition) is 0. The predicted octanol–water partition coefficient (Wildman–Crippen LogP) is 11.9. The number of rotatable bonds is 6. The first-order chi connectivity index (χ1) is 25.7. The molecule has 7 aromatic carbocycles. The minimum Gasteiger partial charge on any atom is -0.456 e. The van der Waals surface area contributed by atoms with Crippen LogP contribution in [0.1, 0.15) is 0 Å². The largest absolute Gasteiger partial charge is 0.456 e. The normalized spacial score (nSPS) is 11.5. The summed E-state index contributed by atoms with van der Waals surface area (Å²) in [5.74, 6) is 2.31. The lowest BCUT2D eigenvalue weighted by Gasteiger charge is -2.10. The number of hydrogen-bond acceptors (Lipinski definition) is 6. The molecule has 0 radical (unpaired) electrons. The van der Waals surface area contributed by atoms with Crippen molar-refractivity contribution in [2.45, 2.75) is 0 Å². The lowest BCUT2D eigenvalue weighted by Crippen LogP contribution is -2.00. The molecule has 244 valence electrons. The van der Waals surface area contributed by atoms with Crippen LogP contribution < -0.4 is 0 Å². The Labute approximate surface area is 298 Å². The summed E-state index contributed by atoms with van der Waals surface area (Å²) in [4.78, 5) is 20.0. The van der Waals surface area contributed by atoms with E-state index in [4.69, 9.17) is 28.8 Å². The first kappa shape index (κ1) is 29.7. The summed E-state index contributed by atoms with van der Waals surface area (Å²) in [6.45, 7) is 0. The van der Waals surface area contributed by atoms with Gasteiger partial charge in [-0.3, -0.25) is 0 Å². The molecule has 0 N–H and O–H groups in total. The molecule has 10 rings (SSSR count). The highest BCUT2D eigenvalue weighted by atomic mass is 16.3. The van der Waals surface area contributed by atoms with Crippen molar-refractivity contribution >= 4 is 33.0 Å². The Morgan fingerprint density at radius 1 is 0.308 bits per heavy atom. The van der Waals surface area contributed by atoms with Crippen LogP contribution in [0.5, 0.6) is 0 Å². The molecule has 3 aromatic heterocycles. The van der Waals surface area contributed by atoms with Crippen molar-refractivity contribution in [1.82, 2.24) is 19.9 Å². The molecule has 0 aliphatic rings. The maximum absolute atomic E-state index is 6.30. The molecule has 0 saturated heterocycles. The highest BCUT2D eigenvalue weighted by Gasteiger charge is 2.17. The maximum atomic E-state index is 6.30. The molecule has 3 heterocycles. The van der Waals surface area contributed by atoms with Crippen LogP contribution >= 0.6 is 0 Å². The molecule has 6 heteroatoms. The van der Waals surface area contributed by atoms with Crippen molar-refractivity contribution in [2.24, 2.45) is 0 Å². The van der Waals surface area contributed by atoms with Crippen LogP contribution in [0.2, 0.25) is 0 Å². The third-order valence-corrected chi connectivity index (χ3v) is 9.39. The zero-order valence-electron chi connectivity index (χ0n) is 27.8. The van der Waals surface area contributed by atoms with E-state index in [1.807, 2.05) is 103 Å². The summed E-state index contributed by atoms with van der Waals surface area (Å²) >= 11 is 0. The zero-order valence-corrected chi connectivity index (χ0v) is 27.8. The molecule has 0 fully saturated rings. The van der Waals surface area contributed by atoms with E-state index in [1.165, 1.54) is 5.56 Å². The van der Waals surface area contributed by atoms with Crippen molar-refractivity contribution in [3.63, 3.8) is 0 Å². The van der Waals surface area contributed by atoms with Crippen LogP contribution in [-0.4, -0.2) is 19.9 Å². The molecule has 10 aromatic rings. The zero-order chi connectivity index (χ0) is 34.4. The van der Waals surface area contributed by atoms with Crippen LogP contribution in [0.25, 0.3) is 101 Å². The molecule has 0 amide bonds. The predicted molar refractivity (Wildman–Crippen MR) is 207 cm³/mol. The fourth-order valence-electron chi connectivity index (χ4n) is 6.78. The number of para-hydroxylation sites is 2. The van der Waals surface area contributed by atoms with Gasteiger partial charge in [-0.15, -0.1) is 0 Å². The second kappa shape index (κ2) is 12.3. The SMILES string of the molecule is c1ccc(-c2ccc(-c3nc4c(-c5cccc(-c6nc(-c7ccccc7)nc(-c7ccc8c(c7)oc7ccccc78)n6)c5)cccc4o3)cc2)cc1. The average molecular weight is 669 g/mol. The number of benzene rings is 7. The van der Waals surface area contributed by atoms with Gasteiger partial charge in [-0.25, -0.2) is 19.9 Å². The molecule has 0 saturated carbocycles. The Hall–Kier alpha value is -7.18. The summed E-state index contributed by atoms with van der Waals surface area (Å²) in [5, 5.41) is 2.14. The second-order valence-electron chi connectivity index (χ2n) is 12.7. The number of fused-ring (bicyclic) bond motifs is 4. The number of aromatic nitrogens is 4. The third-order valence-electron chi connectivity index (χ3n) is 9.39.